The fraction of sp³-hybridized carbons (Fsp3) is 0.190. The molecule has 3 rings (SSSR count). The van der Waals surface area contributed by atoms with Gasteiger partial charge in [-0.3, -0.25) is 4.79 Å². The Hall–Kier alpha value is -3.01. The second kappa shape index (κ2) is 7.71. The molecule has 0 radical (unpaired) electrons. The van der Waals surface area contributed by atoms with Crippen molar-refractivity contribution in [2.45, 2.75) is 26.7 Å². The van der Waals surface area contributed by atoms with E-state index in [-0.39, 0.29) is 5.91 Å². The average Bonchev–Trinajstić information content (AvgIpc) is 2.62. The molecular weight excluding hydrogens is 310 g/mol. The van der Waals surface area contributed by atoms with Crippen LogP contribution in [0.3, 0.4) is 0 Å². The molecule has 1 amide bonds. The Bertz CT molecular complexity index is 858. The number of rotatable bonds is 5. The molecule has 0 aliphatic rings. The van der Waals surface area contributed by atoms with Crippen LogP contribution in [-0.2, 0) is 11.2 Å². The Morgan fingerprint density at radius 1 is 1.00 bits per heavy atom. The summed E-state index contributed by atoms with van der Waals surface area (Å²) >= 11 is 0. The second-order valence-corrected chi connectivity index (χ2v) is 6.14. The number of aromatic nitrogens is 2. The summed E-state index contributed by atoms with van der Waals surface area (Å²) in [7, 11) is 0. The Labute approximate surface area is 148 Å². The predicted octanol–water partition coefficient (Wildman–Crippen LogP) is 4.33. The lowest BCUT2D eigenvalue weighted by Gasteiger charge is -2.08. The summed E-state index contributed by atoms with van der Waals surface area (Å²) in [6.07, 6.45) is 4.44. The molecule has 1 aromatic heterocycles. The molecule has 3 aromatic rings. The van der Waals surface area contributed by atoms with Gasteiger partial charge in [-0.05, 0) is 31.4 Å². The molecular formula is C21H21N3O. The van der Waals surface area contributed by atoms with Crippen molar-refractivity contribution in [3.05, 3.63) is 77.6 Å². The molecule has 4 heteroatoms. The SMILES string of the molecule is Cc1ccc(CCC(=O)Nc2cnc(-c3ccccc3)nc2)c(C)c1. The summed E-state index contributed by atoms with van der Waals surface area (Å²) in [6.45, 7) is 4.15. The average molecular weight is 331 g/mol. The van der Waals surface area contributed by atoms with E-state index in [2.05, 4.69) is 47.3 Å². The maximum absolute atomic E-state index is 12.2. The summed E-state index contributed by atoms with van der Waals surface area (Å²) in [4.78, 5) is 20.8. The van der Waals surface area contributed by atoms with E-state index >= 15 is 0 Å². The summed E-state index contributed by atoms with van der Waals surface area (Å²) in [6, 6.07) is 16.1. The molecule has 0 atom stereocenters. The van der Waals surface area contributed by atoms with Crippen molar-refractivity contribution < 1.29 is 4.79 Å². The minimum atomic E-state index is -0.0314. The van der Waals surface area contributed by atoms with Gasteiger partial charge in [-0.25, -0.2) is 9.97 Å². The predicted molar refractivity (Wildman–Crippen MR) is 100 cm³/mol. The van der Waals surface area contributed by atoms with Gasteiger partial charge in [0.05, 0.1) is 18.1 Å². The standard InChI is InChI=1S/C21H21N3O/c1-15-8-9-17(16(2)12-15)10-11-20(25)24-19-13-22-21(23-14-19)18-6-4-3-5-7-18/h3-9,12-14H,10-11H2,1-2H3,(H,24,25). The zero-order valence-electron chi connectivity index (χ0n) is 14.5. The molecule has 0 spiro atoms. The highest BCUT2D eigenvalue weighted by Gasteiger charge is 2.07. The third-order valence-corrected chi connectivity index (χ3v) is 4.09. The van der Waals surface area contributed by atoms with Gasteiger partial charge in [0.2, 0.25) is 5.91 Å². The van der Waals surface area contributed by atoms with Crippen LogP contribution in [0.5, 0.6) is 0 Å². The third kappa shape index (κ3) is 4.51. The quantitative estimate of drug-likeness (QED) is 0.757. The maximum atomic E-state index is 12.2. The van der Waals surface area contributed by atoms with Crippen LogP contribution in [0.1, 0.15) is 23.1 Å². The Morgan fingerprint density at radius 2 is 1.72 bits per heavy atom. The van der Waals surface area contributed by atoms with Gasteiger partial charge in [0.25, 0.3) is 0 Å². The molecule has 1 N–H and O–H groups in total. The number of hydrogen-bond donors (Lipinski definition) is 1. The molecule has 0 fully saturated rings. The second-order valence-electron chi connectivity index (χ2n) is 6.14. The highest BCUT2D eigenvalue weighted by atomic mass is 16.1. The lowest BCUT2D eigenvalue weighted by Crippen LogP contribution is -2.13. The van der Waals surface area contributed by atoms with Gasteiger partial charge in [0, 0.05) is 12.0 Å². The number of anilines is 1. The van der Waals surface area contributed by atoms with Gasteiger partial charge < -0.3 is 5.32 Å². The van der Waals surface area contributed by atoms with Crippen molar-refractivity contribution in [3.63, 3.8) is 0 Å². The van der Waals surface area contributed by atoms with Crippen molar-refractivity contribution in [2.24, 2.45) is 0 Å². The number of amides is 1. The fourth-order valence-electron chi connectivity index (χ4n) is 2.73. The summed E-state index contributed by atoms with van der Waals surface area (Å²) in [5.41, 5.74) is 5.24. The molecule has 4 nitrogen and oxygen atoms in total. The number of nitrogens with zero attached hydrogens (tertiary/aromatic N) is 2. The smallest absolute Gasteiger partial charge is 0.224 e. The van der Waals surface area contributed by atoms with Gasteiger partial charge in [-0.1, -0.05) is 54.1 Å². The summed E-state index contributed by atoms with van der Waals surface area (Å²) in [5.74, 6) is 0.616. The largest absolute Gasteiger partial charge is 0.323 e. The molecule has 0 bridgehead atoms. The molecule has 2 aromatic carbocycles. The number of nitrogens with one attached hydrogen (secondary N) is 1. The van der Waals surface area contributed by atoms with Crippen molar-refractivity contribution in [1.82, 2.24) is 9.97 Å². The first-order valence-electron chi connectivity index (χ1n) is 8.35. The molecule has 0 unspecified atom stereocenters. The van der Waals surface area contributed by atoms with E-state index in [1.165, 1.54) is 16.7 Å². The van der Waals surface area contributed by atoms with Crippen LogP contribution in [0.15, 0.2) is 60.9 Å². The van der Waals surface area contributed by atoms with Gasteiger partial charge in [-0.2, -0.15) is 0 Å². The van der Waals surface area contributed by atoms with Crippen LogP contribution in [0.25, 0.3) is 11.4 Å². The molecule has 126 valence electrons. The molecule has 0 aliphatic carbocycles. The first-order valence-corrected chi connectivity index (χ1v) is 8.35. The number of hydrogen-bond acceptors (Lipinski definition) is 3. The third-order valence-electron chi connectivity index (χ3n) is 4.09. The first-order chi connectivity index (χ1) is 12.1. The van der Waals surface area contributed by atoms with E-state index in [4.69, 9.17) is 0 Å². The van der Waals surface area contributed by atoms with Crippen LogP contribution in [-0.4, -0.2) is 15.9 Å². The van der Waals surface area contributed by atoms with Crippen molar-refractivity contribution in [1.29, 1.82) is 0 Å². The van der Waals surface area contributed by atoms with Gasteiger partial charge in [-0.15, -0.1) is 0 Å². The minimum absolute atomic E-state index is 0.0314. The van der Waals surface area contributed by atoms with Crippen LogP contribution in [0.2, 0.25) is 0 Å². The monoisotopic (exact) mass is 331 g/mol. The number of carbonyl (C=O) groups excluding carboxylic acids is 1. The highest BCUT2D eigenvalue weighted by Crippen LogP contribution is 2.16. The summed E-state index contributed by atoms with van der Waals surface area (Å²) in [5, 5.41) is 2.86. The molecule has 0 saturated carbocycles. The van der Waals surface area contributed by atoms with Crippen molar-refractivity contribution in [2.75, 3.05) is 5.32 Å². The van der Waals surface area contributed by atoms with E-state index in [0.717, 1.165) is 12.0 Å². The Kier molecular flexibility index (Phi) is 5.19. The van der Waals surface area contributed by atoms with E-state index in [1.54, 1.807) is 12.4 Å². The van der Waals surface area contributed by atoms with Crippen molar-refractivity contribution >= 4 is 11.6 Å². The first kappa shape index (κ1) is 16.8. The lowest BCUT2D eigenvalue weighted by atomic mass is 10.0. The van der Waals surface area contributed by atoms with E-state index in [0.29, 0.717) is 17.9 Å². The highest BCUT2D eigenvalue weighted by molar-refractivity contribution is 5.90. The Morgan fingerprint density at radius 3 is 2.40 bits per heavy atom. The lowest BCUT2D eigenvalue weighted by molar-refractivity contribution is -0.116. The van der Waals surface area contributed by atoms with Gasteiger partial charge in [0.15, 0.2) is 5.82 Å². The summed E-state index contributed by atoms with van der Waals surface area (Å²) < 4.78 is 0. The topological polar surface area (TPSA) is 54.9 Å². The molecule has 0 saturated heterocycles. The molecule has 0 aliphatic heterocycles. The molecule has 1 heterocycles. The number of carbonyl (C=O) groups is 1. The van der Waals surface area contributed by atoms with Gasteiger partial charge in [0.1, 0.15) is 0 Å². The number of benzene rings is 2. The van der Waals surface area contributed by atoms with E-state index < -0.39 is 0 Å². The molecule has 25 heavy (non-hydrogen) atoms. The normalized spacial score (nSPS) is 10.5. The minimum Gasteiger partial charge on any atom is -0.323 e. The van der Waals surface area contributed by atoms with Crippen LogP contribution in [0, 0.1) is 13.8 Å². The zero-order valence-corrected chi connectivity index (χ0v) is 14.5. The Balaban J connectivity index is 1.57. The van der Waals surface area contributed by atoms with E-state index in [1.807, 2.05) is 30.3 Å². The van der Waals surface area contributed by atoms with E-state index in [9.17, 15) is 4.79 Å². The van der Waals surface area contributed by atoms with Crippen LogP contribution >= 0.6 is 0 Å². The van der Waals surface area contributed by atoms with Gasteiger partial charge >= 0.3 is 0 Å². The van der Waals surface area contributed by atoms with Crippen LogP contribution < -0.4 is 5.32 Å². The number of aryl methyl sites for hydroxylation is 3. The van der Waals surface area contributed by atoms with Crippen molar-refractivity contribution in [3.8, 4) is 11.4 Å². The maximum Gasteiger partial charge on any atom is 0.224 e. The zero-order chi connectivity index (χ0) is 17.6. The van der Waals surface area contributed by atoms with Crippen LogP contribution in [0.4, 0.5) is 5.69 Å². The fourth-order valence-corrected chi connectivity index (χ4v) is 2.73.